The van der Waals surface area contributed by atoms with E-state index in [4.69, 9.17) is 14.2 Å². The molecule has 0 saturated carbocycles. The fraction of sp³-hybridized carbons (Fsp3) is 0.238. The molecule has 1 saturated heterocycles. The van der Waals surface area contributed by atoms with Crippen molar-refractivity contribution in [3.63, 3.8) is 0 Å². The first-order chi connectivity index (χ1) is 13.2. The maximum absolute atomic E-state index is 13.0. The second-order valence-corrected chi connectivity index (χ2v) is 7.33. The number of ketones is 1. The second-order valence-electron chi connectivity index (χ2n) is 6.27. The summed E-state index contributed by atoms with van der Waals surface area (Å²) in [4.78, 5) is 17.4. The lowest BCUT2D eigenvalue weighted by Gasteiger charge is -2.12. The number of carbonyl (C=O) groups excluding carboxylic acids is 1. The van der Waals surface area contributed by atoms with Gasteiger partial charge in [-0.2, -0.15) is 0 Å². The van der Waals surface area contributed by atoms with Gasteiger partial charge in [-0.05, 0) is 24.6 Å². The first-order valence-electron chi connectivity index (χ1n) is 8.62. The monoisotopic (exact) mass is 381 g/mol. The average molecular weight is 381 g/mol. The Morgan fingerprint density at radius 2 is 2.04 bits per heavy atom. The molecule has 0 spiro atoms. The summed E-state index contributed by atoms with van der Waals surface area (Å²) in [6.45, 7) is 2.31. The molecule has 0 bridgehead atoms. The van der Waals surface area contributed by atoms with Gasteiger partial charge in [0, 0.05) is 11.4 Å². The van der Waals surface area contributed by atoms with Gasteiger partial charge in [-0.3, -0.25) is 4.79 Å². The van der Waals surface area contributed by atoms with Crippen molar-refractivity contribution in [3.8, 4) is 11.5 Å². The van der Waals surface area contributed by atoms with E-state index in [0.29, 0.717) is 23.7 Å². The summed E-state index contributed by atoms with van der Waals surface area (Å²) in [6.07, 6.45) is -0.787. The molecule has 5 nitrogen and oxygen atoms in total. The van der Waals surface area contributed by atoms with E-state index in [0.717, 1.165) is 16.3 Å². The molecule has 2 atom stereocenters. The zero-order valence-corrected chi connectivity index (χ0v) is 15.9. The van der Waals surface area contributed by atoms with Crippen LogP contribution in [0.15, 0.2) is 53.9 Å². The summed E-state index contributed by atoms with van der Waals surface area (Å²) in [5, 5.41) is 2.90. The molecule has 27 heavy (non-hydrogen) atoms. The quantitative estimate of drug-likeness (QED) is 0.449. The fourth-order valence-electron chi connectivity index (χ4n) is 2.89. The van der Waals surface area contributed by atoms with Crippen LogP contribution in [-0.4, -0.2) is 24.0 Å². The van der Waals surface area contributed by atoms with Crippen LogP contribution in [0.3, 0.4) is 0 Å². The Morgan fingerprint density at radius 3 is 2.74 bits per heavy atom. The van der Waals surface area contributed by atoms with Crippen LogP contribution in [0.1, 0.15) is 32.7 Å². The van der Waals surface area contributed by atoms with Gasteiger partial charge in [0.1, 0.15) is 24.2 Å². The van der Waals surface area contributed by atoms with Gasteiger partial charge in [0.25, 0.3) is 0 Å². The zero-order valence-electron chi connectivity index (χ0n) is 15.0. The van der Waals surface area contributed by atoms with Crippen LogP contribution < -0.4 is 9.47 Å². The van der Waals surface area contributed by atoms with E-state index in [-0.39, 0.29) is 11.9 Å². The zero-order chi connectivity index (χ0) is 18.8. The standard InChI is InChI=1S/C21H19NO4S/c1-13-22-17(12-27-13)20-21(26-20)19(23)16-9-8-15(24-2)10-18(16)25-11-14-6-4-3-5-7-14/h3-10,12,20-21H,11H2,1-2H3/t20-,21-/m0/s1. The Labute approximate surface area is 161 Å². The number of carbonyl (C=O) groups is 1. The fourth-order valence-corrected chi connectivity index (χ4v) is 3.52. The molecule has 0 radical (unpaired) electrons. The molecule has 0 N–H and O–H groups in total. The number of thiazole rings is 1. The summed E-state index contributed by atoms with van der Waals surface area (Å²) in [6, 6.07) is 15.0. The van der Waals surface area contributed by atoms with E-state index in [1.54, 1.807) is 36.6 Å². The molecular weight excluding hydrogens is 362 g/mol. The maximum atomic E-state index is 13.0. The Hall–Kier alpha value is -2.70. The molecule has 6 heteroatoms. The number of epoxide rings is 1. The number of aromatic nitrogens is 1. The van der Waals surface area contributed by atoms with E-state index < -0.39 is 6.10 Å². The first-order valence-corrected chi connectivity index (χ1v) is 9.50. The van der Waals surface area contributed by atoms with Crippen LogP contribution in [0.2, 0.25) is 0 Å². The van der Waals surface area contributed by atoms with Crippen molar-refractivity contribution in [2.75, 3.05) is 7.11 Å². The lowest BCUT2D eigenvalue weighted by atomic mass is 10.0. The third-order valence-electron chi connectivity index (χ3n) is 4.37. The second kappa shape index (κ2) is 7.50. The highest BCUT2D eigenvalue weighted by Crippen LogP contribution is 2.42. The Balaban J connectivity index is 1.54. The number of hydrogen-bond donors (Lipinski definition) is 0. The minimum Gasteiger partial charge on any atom is -0.497 e. The smallest absolute Gasteiger partial charge is 0.198 e. The van der Waals surface area contributed by atoms with Crippen molar-refractivity contribution >= 4 is 17.1 Å². The molecule has 0 amide bonds. The highest BCUT2D eigenvalue weighted by molar-refractivity contribution is 7.09. The van der Waals surface area contributed by atoms with Gasteiger partial charge in [-0.15, -0.1) is 11.3 Å². The molecule has 4 rings (SSSR count). The van der Waals surface area contributed by atoms with Crippen LogP contribution in [0.5, 0.6) is 11.5 Å². The van der Waals surface area contributed by atoms with Crippen molar-refractivity contribution in [3.05, 3.63) is 75.7 Å². The van der Waals surface area contributed by atoms with Gasteiger partial charge in [-0.25, -0.2) is 4.98 Å². The van der Waals surface area contributed by atoms with E-state index in [1.807, 2.05) is 42.6 Å². The van der Waals surface area contributed by atoms with Crippen molar-refractivity contribution < 1.29 is 19.0 Å². The Kier molecular flexibility index (Phi) is 4.92. The first kappa shape index (κ1) is 17.7. The Bertz CT molecular complexity index is 954. The van der Waals surface area contributed by atoms with E-state index in [9.17, 15) is 4.79 Å². The number of hydrogen-bond acceptors (Lipinski definition) is 6. The average Bonchev–Trinajstić information content (AvgIpc) is 3.39. The lowest BCUT2D eigenvalue weighted by molar-refractivity contribution is 0.0949. The van der Waals surface area contributed by atoms with Crippen molar-refractivity contribution in [1.82, 2.24) is 4.98 Å². The molecule has 1 aliphatic heterocycles. The van der Waals surface area contributed by atoms with Gasteiger partial charge in [0.05, 0.1) is 23.4 Å². The molecule has 138 valence electrons. The number of aryl methyl sites for hydroxylation is 1. The van der Waals surface area contributed by atoms with Crippen LogP contribution in [0, 0.1) is 6.92 Å². The number of nitrogens with zero attached hydrogens (tertiary/aromatic N) is 1. The Morgan fingerprint density at radius 1 is 1.22 bits per heavy atom. The van der Waals surface area contributed by atoms with Crippen molar-refractivity contribution in [1.29, 1.82) is 0 Å². The minimum absolute atomic E-state index is 0.101. The van der Waals surface area contributed by atoms with E-state index >= 15 is 0 Å². The van der Waals surface area contributed by atoms with E-state index in [2.05, 4.69) is 4.98 Å². The third kappa shape index (κ3) is 3.86. The number of ether oxygens (including phenoxy) is 3. The van der Waals surface area contributed by atoms with Crippen LogP contribution in [0.25, 0.3) is 0 Å². The largest absolute Gasteiger partial charge is 0.497 e. The molecular formula is C21H19NO4S. The summed E-state index contributed by atoms with van der Waals surface area (Å²) < 4.78 is 16.8. The highest BCUT2D eigenvalue weighted by Gasteiger charge is 2.48. The lowest BCUT2D eigenvalue weighted by Crippen LogP contribution is -2.11. The van der Waals surface area contributed by atoms with Crippen LogP contribution >= 0.6 is 11.3 Å². The molecule has 1 aliphatic rings. The van der Waals surface area contributed by atoms with Crippen LogP contribution in [0.4, 0.5) is 0 Å². The van der Waals surface area contributed by atoms with Gasteiger partial charge in [0.15, 0.2) is 11.9 Å². The molecule has 1 fully saturated rings. The van der Waals surface area contributed by atoms with Gasteiger partial charge < -0.3 is 14.2 Å². The van der Waals surface area contributed by atoms with Crippen molar-refractivity contribution in [2.24, 2.45) is 0 Å². The molecule has 1 aromatic heterocycles. The SMILES string of the molecule is COc1ccc(C(=O)[C@@H]2O[C@H]2c2csc(C)n2)c(OCc2ccccc2)c1. The van der Waals surface area contributed by atoms with Crippen molar-refractivity contribution in [2.45, 2.75) is 25.7 Å². The molecule has 2 aromatic carbocycles. The molecule has 0 unspecified atom stereocenters. The topological polar surface area (TPSA) is 61.0 Å². The minimum atomic E-state index is -0.515. The predicted octanol–water partition coefficient (Wildman–Crippen LogP) is 4.36. The molecule has 2 heterocycles. The maximum Gasteiger partial charge on any atom is 0.198 e. The number of rotatable bonds is 7. The summed E-state index contributed by atoms with van der Waals surface area (Å²) in [5.74, 6) is 1.03. The summed E-state index contributed by atoms with van der Waals surface area (Å²) in [7, 11) is 1.59. The van der Waals surface area contributed by atoms with E-state index in [1.165, 1.54) is 0 Å². The van der Waals surface area contributed by atoms with Gasteiger partial charge >= 0.3 is 0 Å². The number of benzene rings is 2. The predicted molar refractivity (Wildman–Crippen MR) is 103 cm³/mol. The molecule has 0 aliphatic carbocycles. The molecule has 3 aromatic rings. The van der Waals surface area contributed by atoms with Gasteiger partial charge in [0.2, 0.25) is 0 Å². The van der Waals surface area contributed by atoms with Gasteiger partial charge in [-0.1, -0.05) is 30.3 Å². The number of Topliss-reactive ketones (excluding diaryl/α,β-unsaturated/α-hetero) is 1. The number of methoxy groups -OCH3 is 1. The summed E-state index contributed by atoms with van der Waals surface area (Å²) >= 11 is 1.55. The van der Waals surface area contributed by atoms with Crippen LogP contribution in [-0.2, 0) is 11.3 Å². The summed E-state index contributed by atoms with van der Waals surface area (Å²) in [5.41, 5.74) is 2.33. The third-order valence-corrected chi connectivity index (χ3v) is 5.16. The highest BCUT2D eigenvalue weighted by atomic mass is 32.1. The normalized spacial score (nSPS) is 18.1.